The average Bonchev–Trinajstić information content (AvgIpc) is 3.28. The van der Waals surface area contributed by atoms with E-state index in [1.54, 1.807) is 0 Å². The van der Waals surface area contributed by atoms with E-state index in [9.17, 15) is 4.79 Å². The Morgan fingerprint density at radius 1 is 1.29 bits per heavy atom. The van der Waals surface area contributed by atoms with E-state index in [1.165, 1.54) is 0 Å². The summed E-state index contributed by atoms with van der Waals surface area (Å²) in [5.74, 6) is 0.101. The molecular weight excluding hydrogens is 286 g/mol. The highest BCUT2D eigenvalue weighted by Gasteiger charge is 2.52. The lowest BCUT2D eigenvalue weighted by Crippen LogP contribution is -2.35. The fourth-order valence-electron chi connectivity index (χ4n) is 2.49. The minimum Gasteiger partial charge on any atom is -0.381 e. The van der Waals surface area contributed by atoms with Gasteiger partial charge < -0.3 is 10.1 Å². The third-order valence-electron chi connectivity index (χ3n) is 3.97. The summed E-state index contributed by atoms with van der Waals surface area (Å²) in [5, 5.41) is 3.71. The van der Waals surface area contributed by atoms with Crippen molar-refractivity contribution < 1.29 is 9.53 Å². The fraction of sp³-hybridized carbons (Fsp3) is 0.588. The van der Waals surface area contributed by atoms with Crippen LogP contribution >= 0.6 is 11.6 Å². The highest BCUT2D eigenvalue weighted by molar-refractivity contribution is 6.31. The minimum absolute atomic E-state index is 0.101. The van der Waals surface area contributed by atoms with Crippen molar-refractivity contribution in [1.29, 1.82) is 0 Å². The third-order valence-corrected chi connectivity index (χ3v) is 4.30. The van der Waals surface area contributed by atoms with Gasteiger partial charge in [0.05, 0.1) is 5.41 Å². The summed E-state index contributed by atoms with van der Waals surface area (Å²) < 4.78 is 5.49. The molecule has 4 heteroatoms. The molecule has 1 saturated carbocycles. The molecule has 3 nitrogen and oxygen atoms in total. The molecule has 1 aromatic rings. The van der Waals surface area contributed by atoms with Crippen LogP contribution < -0.4 is 5.32 Å². The second-order valence-electron chi connectivity index (χ2n) is 5.64. The van der Waals surface area contributed by atoms with E-state index < -0.39 is 0 Å². The summed E-state index contributed by atoms with van der Waals surface area (Å²) in [7, 11) is 0. The maximum Gasteiger partial charge on any atom is 0.230 e. The van der Waals surface area contributed by atoms with Gasteiger partial charge in [0, 0.05) is 24.8 Å². The van der Waals surface area contributed by atoms with E-state index in [0.717, 1.165) is 44.3 Å². The molecule has 0 aromatic heterocycles. The van der Waals surface area contributed by atoms with Gasteiger partial charge >= 0.3 is 0 Å². The van der Waals surface area contributed by atoms with E-state index >= 15 is 0 Å². The standard InChI is InChI=1S/C17H24ClNO2/c1-2-3-12-21-13-6-11-19-16(20)17(9-10-17)14-7-4-5-8-15(14)18/h4-5,7-8H,2-3,6,9-13H2,1H3,(H,19,20). The number of hydrogen-bond acceptors (Lipinski definition) is 2. The molecular formula is C17H24ClNO2. The van der Waals surface area contributed by atoms with Gasteiger partial charge in [-0.25, -0.2) is 0 Å². The Hall–Kier alpha value is -1.06. The third kappa shape index (κ3) is 4.21. The predicted molar refractivity (Wildman–Crippen MR) is 85.7 cm³/mol. The molecule has 0 spiro atoms. The first kappa shape index (κ1) is 16.3. The number of ether oxygens (including phenoxy) is 1. The maximum absolute atomic E-state index is 12.4. The molecule has 0 radical (unpaired) electrons. The molecule has 1 amide bonds. The van der Waals surface area contributed by atoms with Crippen molar-refractivity contribution in [2.45, 2.75) is 44.4 Å². The highest BCUT2D eigenvalue weighted by Crippen LogP contribution is 2.50. The van der Waals surface area contributed by atoms with Crippen LogP contribution in [0.4, 0.5) is 0 Å². The zero-order valence-electron chi connectivity index (χ0n) is 12.7. The van der Waals surface area contributed by atoms with Gasteiger partial charge in [0.2, 0.25) is 5.91 Å². The first-order chi connectivity index (χ1) is 10.2. The predicted octanol–water partition coefficient (Wildman–Crippen LogP) is 3.69. The number of unbranched alkanes of at least 4 members (excludes halogenated alkanes) is 1. The van der Waals surface area contributed by atoms with Crippen LogP contribution in [0.3, 0.4) is 0 Å². The molecule has 21 heavy (non-hydrogen) atoms. The smallest absolute Gasteiger partial charge is 0.230 e. The number of benzene rings is 1. The van der Waals surface area contributed by atoms with Crippen LogP contribution in [-0.2, 0) is 14.9 Å². The summed E-state index contributed by atoms with van der Waals surface area (Å²) >= 11 is 6.23. The quantitative estimate of drug-likeness (QED) is 0.706. The van der Waals surface area contributed by atoms with Crippen LogP contribution in [0.2, 0.25) is 5.02 Å². The highest BCUT2D eigenvalue weighted by atomic mass is 35.5. The molecule has 1 aliphatic rings. The van der Waals surface area contributed by atoms with Crippen molar-refractivity contribution in [3.8, 4) is 0 Å². The second kappa shape index (κ2) is 7.81. The Labute approximate surface area is 132 Å². The van der Waals surface area contributed by atoms with E-state index in [2.05, 4.69) is 12.2 Å². The van der Waals surface area contributed by atoms with Crippen LogP contribution in [0, 0.1) is 0 Å². The van der Waals surface area contributed by atoms with Crippen molar-refractivity contribution >= 4 is 17.5 Å². The molecule has 116 valence electrons. The molecule has 0 aliphatic heterocycles. The summed E-state index contributed by atoms with van der Waals surface area (Å²) in [6.07, 6.45) is 4.87. The molecule has 1 N–H and O–H groups in total. The van der Waals surface area contributed by atoms with Gasteiger partial charge in [-0.05, 0) is 37.3 Å². The summed E-state index contributed by atoms with van der Waals surface area (Å²) in [4.78, 5) is 12.4. The van der Waals surface area contributed by atoms with Gasteiger partial charge in [-0.2, -0.15) is 0 Å². The van der Waals surface area contributed by atoms with E-state index in [-0.39, 0.29) is 11.3 Å². The Balaban J connectivity index is 1.75. The average molecular weight is 310 g/mol. The minimum atomic E-state index is -0.387. The molecule has 2 rings (SSSR count). The number of amides is 1. The van der Waals surface area contributed by atoms with Crippen LogP contribution in [0.5, 0.6) is 0 Å². The lowest BCUT2D eigenvalue weighted by molar-refractivity contribution is -0.123. The Morgan fingerprint density at radius 2 is 2.00 bits per heavy atom. The molecule has 0 bridgehead atoms. The number of nitrogens with one attached hydrogen (secondary N) is 1. The maximum atomic E-state index is 12.4. The number of hydrogen-bond donors (Lipinski definition) is 1. The number of carbonyl (C=O) groups is 1. The fourth-order valence-corrected chi connectivity index (χ4v) is 2.80. The molecule has 0 unspecified atom stereocenters. The van der Waals surface area contributed by atoms with Gasteiger partial charge in [-0.1, -0.05) is 43.1 Å². The molecule has 1 aromatic carbocycles. The van der Waals surface area contributed by atoms with E-state index in [4.69, 9.17) is 16.3 Å². The molecule has 0 heterocycles. The first-order valence-corrected chi connectivity index (χ1v) is 8.19. The van der Waals surface area contributed by atoms with Crippen molar-refractivity contribution in [2.75, 3.05) is 19.8 Å². The molecule has 1 aliphatic carbocycles. The zero-order chi connectivity index (χ0) is 15.1. The number of halogens is 1. The Morgan fingerprint density at radius 3 is 2.67 bits per heavy atom. The van der Waals surface area contributed by atoms with Crippen molar-refractivity contribution in [3.63, 3.8) is 0 Å². The molecule has 0 atom stereocenters. The summed E-state index contributed by atoms with van der Waals surface area (Å²) in [6, 6.07) is 7.65. The van der Waals surface area contributed by atoms with Crippen LogP contribution in [0.25, 0.3) is 0 Å². The van der Waals surface area contributed by atoms with Gasteiger partial charge in [0.15, 0.2) is 0 Å². The second-order valence-corrected chi connectivity index (χ2v) is 6.04. The Bertz CT molecular complexity index is 472. The first-order valence-electron chi connectivity index (χ1n) is 7.82. The van der Waals surface area contributed by atoms with Crippen molar-refractivity contribution in [2.24, 2.45) is 0 Å². The van der Waals surface area contributed by atoms with Crippen LogP contribution in [-0.4, -0.2) is 25.7 Å². The normalized spacial score (nSPS) is 15.7. The largest absolute Gasteiger partial charge is 0.381 e. The SMILES string of the molecule is CCCCOCCCNC(=O)C1(c2ccccc2Cl)CC1. The topological polar surface area (TPSA) is 38.3 Å². The van der Waals surface area contributed by atoms with E-state index in [1.807, 2.05) is 24.3 Å². The molecule has 1 fully saturated rings. The summed E-state index contributed by atoms with van der Waals surface area (Å²) in [6.45, 7) is 4.33. The van der Waals surface area contributed by atoms with Gasteiger partial charge in [0.1, 0.15) is 0 Å². The summed E-state index contributed by atoms with van der Waals surface area (Å²) in [5.41, 5.74) is 0.574. The lowest BCUT2D eigenvalue weighted by atomic mass is 9.95. The van der Waals surface area contributed by atoms with Gasteiger partial charge in [0.25, 0.3) is 0 Å². The van der Waals surface area contributed by atoms with Gasteiger partial charge in [-0.15, -0.1) is 0 Å². The van der Waals surface area contributed by atoms with Crippen molar-refractivity contribution in [3.05, 3.63) is 34.9 Å². The van der Waals surface area contributed by atoms with E-state index in [0.29, 0.717) is 18.2 Å². The van der Waals surface area contributed by atoms with Crippen LogP contribution in [0.1, 0.15) is 44.6 Å². The number of carbonyl (C=O) groups excluding carboxylic acids is 1. The monoisotopic (exact) mass is 309 g/mol. The molecule has 0 saturated heterocycles. The van der Waals surface area contributed by atoms with Crippen molar-refractivity contribution in [1.82, 2.24) is 5.32 Å². The Kier molecular flexibility index (Phi) is 6.07. The van der Waals surface area contributed by atoms with Crippen LogP contribution in [0.15, 0.2) is 24.3 Å². The lowest BCUT2D eigenvalue weighted by Gasteiger charge is -2.17. The number of rotatable bonds is 9. The zero-order valence-corrected chi connectivity index (χ0v) is 13.4. The van der Waals surface area contributed by atoms with Gasteiger partial charge in [-0.3, -0.25) is 4.79 Å².